The van der Waals surface area contributed by atoms with E-state index in [1.165, 1.54) is 11.0 Å². The van der Waals surface area contributed by atoms with Crippen LogP contribution in [0.3, 0.4) is 0 Å². The van der Waals surface area contributed by atoms with Crippen LogP contribution in [0.1, 0.15) is 30.7 Å². The normalized spacial score (nSPS) is 26.1. The zero-order valence-corrected chi connectivity index (χ0v) is 15.0. The highest BCUT2D eigenvalue weighted by Gasteiger charge is 2.52. The van der Waals surface area contributed by atoms with Crippen molar-refractivity contribution in [2.24, 2.45) is 0 Å². The fourth-order valence-electron chi connectivity index (χ4n) is 4.66. The van der Waals surface area contributed by atoms with Gasteiger partial charge in [0, 0.05) is 11.6 Å². The quantitative estimate of drug-likeness (QED) is 0.893. The predicted molar refractivity (Wildman–Crippen MR) is 93.2 cm³/mol. The van der Waals surface area contributed by atoms with Crippen molar-refractivity contribution in [3.8, 4) is 5.75 Å². The van der Waals surface area contributed by atoms with Gasteiger partial charge in [-0.3, -0.25) is 4.90 Å². The van der Waals surface area contributed by atoms with E-state index in [-0.39, 0.29) is 11.4 Å². The minimum Gasteiger partial charge on any atom is -0.496 e. The zero-order valence-electron chi connectivity index (χ0n) is 15.0. The van der Waals surface area contributed by atoms with Crippen molar-refractivity contribution in [3.05, 3.63) is 29.6 Å². The first-order chi connectivity index (χ1) is 12.5. The molecule has 1 N–H and O–H groups in total. The minimum absolute atomic E-state index is 0.220. The molecule has 6 nitrogen and oxygen atoms in total. The number of amides is 1. The molecule has 0 saturated carbocycles. The summed E-state index contributed by atoms with van der Waals surface area (Å²) in [5.41, 5.74) is 0.688. The molecular formula is C19H25FN2O4. The number of methoxy groups -OCH3 is 1. The molecule has 3 aliphatic heterocycles. The Labute approximate surface area is 152 Å². The van der Waals surface area contributed by atoms with Crippen LogP contribution < -0.4 is 4.74 Å². The maximum absolute atomic E-state index is 13.7. The Morgan fingerprint density at radius 1 is 1.35 bits per heavy atom. The second kappa shape index (κ2) is 6.70. The predicted octanol–water partition coefficient (Wildman–Crippen LogP) is 2.54. The Morgan fingerprint density at radius 3 is 2.73 bits per heavy atom. The van der Waals surface area contributed by atoms with E-state index >= 15 is 0 Å². The lowest BCUT2D eigenvalue weighted by Gasteiger charge is -2.45. The third kappa shape index (κ3) is 3.14. The molecule has 3 heterocycles. The van der Waals surface area contributed by atoms with E-state index in [9.17, 15) is 9.18 Å². The highest BCUT2D eigenvalue weighted by molar-refractivity contribution is 5.66. The molecule has 0 unspecified atom stereocenters. The second-order valence-corrected chi connectivity index (χ2v) is 7.69. The maximum Gasteiger partial charge on any atom is 0.407 e. The molecular weight excluding hydrogens is 339 g/mol. The van der Waals surface area contributed by atoms with E-state index in [1.807, 2.05) is 0 Å². The molecule has 1 amide bonds. The van der Waals surface area contributed by atoms with Gasteiger partial charge in [-0.05, 0) is 56.5 Å². The van der Waals surface area contributed by atoms with Crippen LogP contribution in [0.5, 0.6) is 5.75 Å². The van der Waals surface area contributed by atoms with Crippen LogP contribution in [0.25, 0.3) is 0 Å². The average Bonchev–Trinajstić information content (AvgIpc) is 3.06. The molecule has 7 heteroatoms. The van der Waals surface area contributed by atoms with Crippen LogP contribution >= 0.6 is 0 Å². The summed E-state index contributed by atoms with van der Waals surface area (Å²) in [6.45, 7) is 3.52. The fraction of sp³-hybridized carbons (Fsp3) is 0.632. The van der Waals surface area contributed by atoms with Gasteiger partial charge in [0.1, 0.15) is 17.2 Å². The Morgan fingerprint density at radius 2 is 2.08 bits per heavy atom. The van der Waals surface area contributed by atoms with Crippen LogP contribution in [-0.2, 0) is 4.74 Å². The summed E-state index contributed by atoms with van der Waals surface area (Å²) in [6, 6.07) is 5.09. The number of benzene rings is 1. The van der Waals surface area contributed by atoms with Crippen LogP contribution in [0, 0.1) is 5.82 Å². The number of hydrogen-bond acceptors (Lipinski definition) is 4. The highest BCUT2D eigenvalue weighted by atomic mass is 19.1. The molecule has 1 spiro atoms. The van der Waals surface area contributed by atoms with E-state index in [0.29, 0.717) is 31.7 Å². The van der Waals surface area contributed by atoms with E-state index in [2.05, 4.69) is 4.90 Å². The van der Waals surface area contributed by atoms with Crippen molar-refractivity contribution in [2.75, 3.05) is 39.9 Å². The average molecular weight is 364 g/mol. The Balaban J connectivity index is 1.34. The number of hydrogen-bond donors (Lipinski definition) is 1. The summed E-state index contributed by atoms with van der Waals surface area (Å²) >= 11 is 0. The monoisotopic (exact) mass is 364 g/mol. The lowest BCUT2D eigenvalue weighted by atomic mass is 9.86. The Hall–Kier alpha value is -1.86. The van der Waals surface area contributed by atoms with Gasteiger partial charge in [0.05, 0.1) is 26.8 Å². The maximum atomic E-state index is 13.7. The summed E-state index contributed by atoms with van der Waals surface area (Å²) in [5.74, 6) is 0.845. The molecule has 3 saturated heterocycles. The van der Waals surface area contributed by atoms with Gasteiger partial charge < -0.3 is 19.5 Å². The summed E-state index contributed by atoms with van der Waals surface area (Å²) in [7, 11) is 1.63. The van der Waals surface area contributed by atoms with Crippen molar-refractivity contribution in [2.45, 2.75) is 36.8 Å². The number of likely N-dealkylation sites (tertiary alicyclic amines) is 2. The molecule has 4 rings (SSSR count). The molecule has 1 aromatic rings. The van der Waals surface area contributed by atoms with Gasteiger partial charge in [0.2, 0.25) is 0 Å². The van der Waals surface area contributed by atoms with E-state index in [1.54, 1.807) is 19.2 Å². The van der Waals surface area contributed by atoms with Crippen molar-refractivity contribution < 1.29 is 23.8 Å². The van der Waals surface area contributed by atoms with Crippen molar-refractivity contribution in [3.63, 3.8) is 0 Å². The second-order valence-electron chi connectivity index (χ2n) is 7.69. The summed E-state index contributed by atoms with van der Waals surface area (Å²) < 4.78 is 25.0. The zero-order chi connectivity index (χ0) is 18.3. The topological polar surface area (TPSA) is 62.2 Å². The van der Waals surface area contributed by atoms with Gasteiger partial charge in [-0.15, -0.1) is 0 Å². The van der Waals surface area contributed by atoms with Gasteiger partial charge in [-0.2, -0.15) is 0 Å². The molecule has 3 aliphatic rings. The molecule has 0 bridgehead atoms. The first-order valence-corrected chi connectivity index (χ1v) is 9.19. The molecule has 0 aromatic heterocycles. The van der Waals surface area contributed by atoms with Gasteiger partial charge in [0.15, 0.2) is 0 Å². The van der Waals surface area contributed by atoms with Crippen molar-refractivity contribution in [1.82, 2.24) is 9.80 Å². The molecule has 1 atom stereocenters. The number of halogens is 1. The van der Waals surface area contributed by atoms with Gasteiger partial charge in [-0.25, -0.2) is 9.18 Å². The number of nitrogens with zero attached hydrogens (tertiary/aromatic N) is 2. The lowest BCUT2D eigenvalue weighted by Crippen LogP contribution is -2.63. The molecule has 0 aliphatic carbocycles. The van der Waals surface area contributed by atoms with Crippen LogP contribution in [0.2, 0.25) is 0 Å². The largest absolute Gasteiger partial charge is 0.496 e. The third-order valence-corrected chi connectivity index (χ3v) is 6.10. The van der Waals surface area contributed by atoms with E-state index in [4.69, 9.17) is 14.6 Å². The number of ether oxygens (including phenoxy) is 2. The number of piperidine rings is 1. The van der Waals surface area contributed by atoms with Gasteiger partial charge in [-0.1, -0.05) is 0 Å². The number of carboxylic acid groups (broad SMARTS) is 1. The molecule has 1 aromatic carbocycles. The number of carbonyl (C=O) groups is 1. The Bertz CT molecular complexity index is 684. The fourth-order valence-corrected chi connectivity index (χ4v) is 4.66. The standard InChI is InChI=1S/C19H25FN2O4/c1-25-17-3-2-14(20)8-16(17)13-4-6-21(7-5-13)15-9-19(26-10-15)11-22(12-19)18(23)24/h2-3,8,13,15H,4-7,9-12H2,1H3,(H,23,24)/t15-/m0/s1. The third-order valence-electron chi connectivity index (χ3n) is 6.10. The Kier molecular flexibility index (Phi) is 4.52. The van der Waals surface area contributed by atoms with Gasteiger partial charge in [0.25, 0.3) is 0 Å². The van der Waals surface area contributed by atoms with Crippen molar-refractivity contribution in [1.29, 1.82) is 0 Å². The molecule has 3 fully saturated rings. The highest BCUT2D eigenvalue weighted by Crippen LogP contribution is 2.40. The van der Waals surface area contributed by atoms with Crippen LogP contribution in [-0.4, -0.2) is 72.5 Å². The molecule has 142 valence electrons. The van der Waals surface area contributed by atoms with Gasteiger partial charge >= 0.3 is 6.09 Å². The first kappa shape index (κ1) is 17.5. The summed E-state index contributed by atoms with van der Waals surface area (Å²) in [6.07, 6.45) is 1.95. The summed E-state index contributed by atoms with van der Waals surface area (Å²) in [4.78, 5) is 14.8. The lowest BCUT2D eigenvalue weighted by molar-refractivity contribution is -0.0982. The van der Waals surface area contributed by atoms with Crippen LogP contribution in [0.15, 0.2) is 18.2 Å². The van der Waals surface area contributed by atoms with Crippen LogP contribution in [0.4, 0.5) is 9.18 Å². The summed E-state index contributed by atoms with van der Waals surface area (Å²) in [5, 5.41) is 9.01. The van der Waals surface area contributed by atoms with E-state index < -0.39 is 6.09 Å². The van der Waals surface area contributed by atoms with Crippen molar-refractivity contribution >= 4 is 6.09 Å². The smallest absolute Gasteiger partial charge is 0.407 e. The van der Waals surface area contributed by atoms with E-state index in [0.717, 1.165) is 43.7 Å². The number of rotatable bonds is 3. The SMILES string of the molecule is COc1ccc(F)cc1C1CCN([C@@H]2COC3(C2)CN(C(=O)O)C3)CC1. The minimum atomic E-state index is -0.868. The first-order valence-electron chi connectivity index (χ1n) is 9.19. The molecule has 0 radical (unpaired) electrons. The molecule has 26 heavy (non-hydrogen) atoms.